The van der Waals surface area contributed by atoms with Crippen molar-refractivity contribution >= 4 is 21.8 Å². The minimum absolute atomic E-state index is 0.0736. The number of halogens is 1. The van der Waals surface area contributed by atoms with Crippen molar-refractivity contribution in [2.24, 2.45) is 0 Å². The van der Waals surface area contributed by atoms with Gasteiger partial charge in [0.2, 0.25) is 17.6 Å². The van der Waals surface area contributed by atoms with E-state index in [-0.39, 0.29) is 18.4 Å². The number of methoxy groups -OCH3 is 1. The van der Waals surface area contributed by atoms with Gasteiger partial charge in [0.25, 0.3) is 0 Å². The molecule has 0 fully saturated rings. The van der Waals surface area contributed by atoms with Crippen LogP contribution in [0.2, 0.25) is 0 Å². The van der Waals surface area contributed by atoms with E-state index in [0.717, 1.165) is 21.3 Å². The molecule has 6 nitrogen and oxygen atoms in total. The van der Waals surface area contributed by atoms with Crippen molar-refractivity contribution < 1.29 is 14.1 Å². The number of amides is 1. The van der Waals surface area contributed by atoms with Crippen molar-refractivity contribution in [3.8, 4) is 17.1 Å². The van der Waals surface area contributed by atoms with E-state index in [4.69, 9.17) is 9.26 Å². The zero-order valence-electron chi connectivity index (χ0n) is 17.6. The topological polar surface area (TPSA) is 77.2 Å². The molecular weight excluding hydrogens is 446 g/mol. The lowest BCUT2D eigenvalue weighted by atomic mass is 10.0. The summed E-state index contributed by atoms with van der Waals surface area (Å²) in [6.45, 7) is 6.25. The molecule has 30 heavy (non-hydrogen) atoms. The second kappa shape index (κ2) is 9.89. The molecule has 2 aromatic carbocycles. The van der Waals surface area contributed by atoms with E-state index in [2.05, 4.69) is 57.4 Å². The predicted molar refractivity (Wildman–Crippen MR) is 119 cm³/mol. The first-order valence-corrected chi connectivity index (χ1v) is 10.7. The summed E-state index contributed by atoms with van der Waals surface area (Å²) in [5.41, 5.74) is 3.15. The maximum absolute atomic E-state index is 12.3. The Hall–Kier alpha value is -2.67. The van der Waals surface area contributed by atoms with E-state index < -0.39 is 0 Å². The number of carbonyl (C=O) groups is 1. The number of nitrogens with zero attached hydrogens (tertiary/aromatic N) is 2. The molecule has 3 aromatic rings. The SMILES string of the molecule is COc1ccc(C(C)NC(=O)CCc2nc(-c3ccc(C(C)C)cc3)no2)cc1Br. The summed E-state index contributed by atoms with van der Waals surface area (Å²) in [5.74, 6) is 2.14. The van der Waals surface area contributed by atoms with Crippen LogP contribution in [0, 0.1) is 0 Å². The first-order chi connectivity index (χ1) is 14.4. The van der Waals surface area contributed by atoms with Crippen molar-refractivity contribution in [1.82, 2.24) is 15.5 Å². The first-order valence-electron chi connectivity index (χ1n) is 9.93. The third kappa shape index (κ3) is 5.48. The molecule has 1 heterocycles. The minimum atomic E-state index is -0.127. The number of ether oxygens (including phenoxy) is 1. The van der Waals surface area contributed by atoms with Crippen LogP contribution >= 0.6 is 15.9 Å². The van der Waals surface area contributed by atoms with Gasteiger partial charge >= 0.3 is 0 Å². The summed E-state index contributed by atoms with van der Waals surface area (Å²) < 4.78 is 11.4. The van der Waals surface area contributed by atoms with Crippen LogP contribution in [0.3, 0.4) is 0 Å². The first kappa shape index (κ1) is 22.0. The van der Waals surface area contributed by atoms with Gasteiger partial charge in [-0.05, 0) is 52.0 Å². The van der Waals surface area contributed by atoms with Gasteiger partial charge in [-0.1, -0.05) is 49.3 Å². The summed E-state index contributed by atoms with van der Waals surface area (Å²) in [7, 11) is 1.62. The number of rotatable bonds is 8. The van der Waals surface area contributed by atoms with E-state index in [1.54, 1.807) is 7.11 Å². The van der Waals surface area contributed by atoms with Crippen LogP contribution in [0.5, 0.6) is 5.75 Å². The van der Waals surface area contributed by atoms with Crippen LogP contribution < -0.4 is 10.1 Å². The Morgan fingerprint density at radius 1 is 1.13 bits per heavy atom. The number of nitrogens with one attached hydrogen (secondary N) is 1. The molecule has 1 atom stereocenters. The number of hydrogen-bond donors (Lipinski definition) is 1. The molecule has 1 unspecified atom stereocenters. The summed E-state index contributed by atoms with van der Waals surface area (Å²) in [6, 6.07) is 13.7. The second-order valence-electron chi connectivity index (χ2n) is 7.47. The molecule has 1 amide bonds. The smallest absolute Gasteiger partial charge is 0.227 e. The summed E-state index contributed by atoms with van der Waals surface area (Å²) in [5, 5.41) is 7.03. The van der Waals surface area contributed by atoms with Gasteiger partial charge in [0, 0.05) is 18.4 Å². The van der Waals surface area contributed by atoms with E-state index in [0.29, 0.717) is 24.1 Å². The van der Waals surface area contributed by atoms with Gasteiger partial charge in [-0.2, -0.15) is 4.98 Å². The van der Waals surface area contributed by atoms with Crippen LogP contribution in [0.1, 0.15) is 56.2 Å². The fraction of sp³-hybridized carbons (Fsp3) is 0.348. The third-order valence-corrected chi connectivity index (χ3v) is 5.54. The normalized spacial score (nSPS) is 12.1. The molecule has 1 N–H and O–H groups in total. The largest absolute Gasteiger partial charge is 0.496 e. The molecule has 1 aromatic heterocycles. The van der Waals surface area contributed by atoms with Crippen LogP contribution in [0.15, 0.2) is 51.5 Å². The van der Waals surface area contributed by atoms with E-state index in [1.165, 1.54) is 5.56 Å². The number of aryl methyl sites for hydroxylation is 1. The molecule has 0 aliphatic rings. The maximum Gasteiger partial charge on any atom is 0.227 e. The van der Waals surface area contributed by atoms with Gasteiger partial charge in [0.15, 0.2) is 0 Å². The second-order valence-corrected chi connectivity index (χ2v) is 8.33. The molecule has 0 spiro atoms. The molecule has 0 radical (unpaired) electrons. The molecule has 158 valence electrons. The number of carbonyl (C=O) groups excluding carboxylic acids is 1. The average Bonchev–Trinajstić information content (AvgIpc) is 3.21. The minimum Gasteiger partial charge on any atom is -0.496 e. The zero-order chi connectivity index (χ0) is 21.7. The lowest BCUT2D eigenvalue weighted by Gasteiger charge is -2.15. The van der Waals surface area contributed by atoms with Crippen LogP contribution in [-0.4, -0.2) is 23.2 Å². The number of benzene rings is 2. The lowest BCUT2D eigenvalue weighted by Crippen LogP contribution is -2.26. The maximum atomic E-state index is 12.3. The van der Waals surface area contributed by atoms with Gasteiger partial charge in [0.1, 0.15) is 5.75 Å². The molecule has 0 bridgehead atoms. The lowest BCUT2D eigenvalue weighted by molar-refractivity contribution is -0.121. The third-order valence-electron chi connectivity index (χ3n) is 4.92. The van der Waals surface area contributed by atoms with Crippen molar-refractivity contribution in [2.75, 3.05) is 7.11 Å². The Balaban J connectivity index is 1.54. The Morgan fingerprint density at radius 3 is 2.47 bits per heavy atom. The fourth-order valence-electron chi connectivity index (χ4n) is 3.06. The van der Waals surface area contributed by atoms with Gasteiger partial charge in [-0.25, -0.2) is 0 Å². The zero-order valence-corrected chi connectivity index (χ0v) is 19.2. The van der Waals surface area contributed by atoms with Crippen molar-refractivity contribution in [3.63, 3.8) is 0 Å². The Bertz CT molecular complexity index is 999. The van der Waals surface area contributed by atoms with Gasteiger partial charge in [-0.15, -0.1) is 0 Å². The van der Waals surface area contributed by atoms with Crippen molar-refractivity contribution in [3.05, 3.63) is 64.0 Å². The highest BCUT2D eigenvalue weighted by molar-refractivity contribution is 9.10. The Labute approximate surface area is 185 Å². The average molecular weight is 472 g/mol. The predicted octanol–water partition coefficient (Wildman–Crippen LogP) is 5.44. The quantitative estimate of drug-likeness (QED) is 0.473. The van der Waals surface area contributed by atoms with Crippen molar-refractivity contribution in [2.45, 2.75) is 45.6 Å². The molecule has 0 saturated carbocycles. The van der Waals surface area contributed by atoms with Crippen LogP contribution in [-0.2, 0) is 11.2 Å². The molecule has 7 heteroatoms. The van der Waals surface area contributed by atoms with Gasteiger partial charge < -0.3 is 14.6 Å². The summed E-state index contributed by atoms with van der Waals surface area (Å²) >= 11 is 3.47. The highest BCUT2D eigenvalue weighted by atomic mass is 79.9. The highest BCUT2D eigenvalue weighted by Crippen LogP contribution is 2.28. The van der Waals surface area contributed by atoms with E-state index in [9.17, 15) is 4.79 Å². The standard InChI is InChI=1S/C23H26BrN3O3/c1-14(2)16-5-7-17(8-6-16)23-26-22(30-27-23)12-11-21(28)25-15(3)18-9-10-20(29-4)19(24)13-18/h5-10,13-15H,11-12H2,1-4H3,(H,25,28). The van der Waals surface area contributed by atoms with Gasteiger partial charge in [0.05, 0.1) is 17.6 Å². The Morgan fingerprint density at radius 2 is 1.83 bits per heavy atom. The molecule has 3 rings (SSSR count). The van der Waals surface area contributed by atoms with E-state index in [1.807, 2.05) is 37.3 Å². The van der Waals surface area contributed by atoms with E-state index >= 15 is 0 Å². The van der Waals surface area contributed by atoms with Crippen LogP contribution in [0.25, 0.3) is 11.4 Å². The number of aromatic nitrogens is 2. The molecule has 0 aliphatic carbocycles. The molecule has 0 aliphatic heterocycles. The molecular formula is C23H26BrN3O3. The molecule has 0 saturated heterocycles. The van der Waals surface area contributed by atoms with Crippen molar-refractivity contribution in [1.29, 1.82) is 0 Å². The van der Waals surface area contributed by atoms with Crippen LogP contribution in [0.4, 0.5) is 0 Å². The van der Waals surface area contributed by atoms with Gasteiger partial charge in [-0.3, -0.25) is 4.79 Å². The summed E-state index contributed by atoms with van der Waals surface area (Å²) in [6.07, 6.45) is 0.664. The highest BCUT2D eigenvalue weighted by Gasteiger charge is 2.14. The fourth-order valence-corrected chi connectivity index (χ4v) is 3.62. The summed E-state index contributed by atoms with van der Waals surface area (Å²) in [4.78, 5) is 16.8. The number of hydrogen-bond acceptors (Lipinski definition) is 5. The Kier molecular flexibility index (Phi) is 7.26. The monoisotopic (exact) mass is 471 g/mol.